The lowest BCUT2D eigenvalue weighted by Crippen LogP contribution is -1.88. The molecule has 0 atom stereocenters. The Kier molecular flexibility index (Phi) is 5.07. The largest absolute Gasteiger partial charge is 0.420 e. The zero-order valence-electron chi connectivity index (χ0n) is 11.8. The second-order valence-corrected chi connectivity index (χ2v) is 6.56. The lowest BCUT2D eigenvalue weighted by atomic mass is 10.2. The average molecular weight is 397 g/mol. The van der Waals surface area contributed by atoms with Crippen molar-refractivity contribution in [3.63, 3.8) is 0 Å². The van der Waals surface area contributed by atoms with Crippen molar-refractivity contribution < 1.29 is 13.2 Å². The van der Waals surface area contributed by atoms with Gasteiger partial charge in [-0.15, -0.1) is 22.0 Å². The molecule has 23 heavy (non-hydrogen) atoms. The minimum Gasteiger partial charge on any atom is -0.420 e. The van der Waals surface area contributed by atoms with E-state index in [4.69, 9.17) is 4.42 Å². The number of rotatable bonds is 5. The lowest BCUT2D eigenvalue weighted by Gasteiger charge is -2.01. The first-order valence-electron chi connectivity index (χ1n) is 6.72. The number of benzene rings is 2. The standard InChI is InChI=1S/C16H11BrF2N2OS/c17-12-4-2-1-3-11(12)16-21-20-15(22-16)9-23-8-10-5-6-13(18)14(19)7-10/h1-7H,8-9H2. The predicted octanol–water partition coefficient (Wildman–Crippen LogP) is 5.21. The van der Waals surface area contributed by atoms with Crippen molar-refractivity contribution in [2.75, 3.05) is 0 Å². The molecule has 0 aliphatic carbocycles. The molecule has 3 nitrogen and oxygen atoms in total. The molecule has 0 saturated heterocycles. The lowest BCUT2D eigenvalue weighted by molar-refractivity contribution is 0.507. The van der Waals surface area contributed by atoms with Crippen molar-refractivity contribution in [3.05, 3.63) is 70.0 Å². The molecule has 0 aliphatic heterocycles. The highest BCUT2D eigenvalue weighted by molar-refractivity contribution is 9.10. The van der Waals surface area contributed by atoms with Crippen molar-refractivity contribution in [1.82, 2.24) is 10.2 Å². The predicted molar refractivity (Wildman–Crippen MR) is 88.8 cm³/mol. The number of halogens is 3. The van der Waals surface area contributed by atoms with Crippen LogP contribution in [0.2, 0.25) is 0 Å². The van der Waals surface area contributed by atoms with Gasteiger partial charge in [-0.1, -0.05) is 18.2 Å². The van der Waals surface area contributed by atoms with Gasteiger partial charge >= 0.3 is 0 Å². The van der Waals surface area contributed by atoms with Crippen molar-refractivity contribution in [1.29, 1.82) is 0 Å². The van der Waals surface area contributed by atoms with Crippen molar-refractivity contribution in [2.24, 2.45) is 0 Å². The summed E-state index contributed by atoms with van der Waals surface area (Å²) in [6.07, 6.45) is 0. The maximum absolute atomic E-state index is 13.1. The Bertz CT molecular complexity index is 825. The number of nitrogens with zero attached hydrogens (tertiary/aromatic N) is 2. The minimum absolute atomic E-state index is 0.445. The Morgan fingerprint density at radius 1 is 1.00 bits per heavy atom. The molecule has 0 aliphatic rings. The van der Waals surface area contributed by atoms with Crippen LogP contribution in [0.4, 0.5) is 8.78 Å². The molecular weight excluding hydrogens is 386 g/mol. The van der Waals surface area contributed by atoms with E-state index < -0.39 is 11.6 Å². The van der Waals surface area contributed by atoms with Crippen LogP contribution >= 0.6 is 27.7 Å². The molecule has 2 aromatic carbocycles. The Hall–Kier alpha value is -1.73. The monoisotopic (exact) mass is 396 g/mol. The molecule has 0 saturated carbocycles. The van der Waals surface area contributed by atoms with Gasteiger partial charge in [0.2, 0.25) is 11.8 Å². The van der Waals surface area contributed by atoms with Gasteiger partial charge in [-0.2, -0.15) is 0 Å². The molecule has 118 valence electrons. The third kappa shape index (κ3) is 3.97. The Labute approximate surface area is 144 Å². The zero-order chi connectivity index (χ0) is 16.2. The Morgan fingerprint density at radius 2 is 1.83 bits per heavy atom. The van der Waals surface area contributed by atoms with Crippen LogP contribution < -0.4 is 0 Å². The van der Waals surface area contributed by atoms with E-state index in [1.54, 1.807) is 6.07 Å². The summed E-state index contributed by atoms with van der Waals surface area (Å²) < 4.78 is 32.5. The topological polar surface area (TPSA) is 38.9 Å². The fraction of sp³-hybridized carbons (Fsp3) is 0.125. The molecule has 1 heterocycles. The molecule has 3 rings (SSSR count). The van der Waals surface area contributed by atoms with E-state index in [0.29, 0.717) is 28.9 Å². The molecule has 0 amide bonds. The van der Waals surface area contributed by atoms with Crippen molar-refractivity contribution >= 4 is 27.7 Å². The molecule has 0 N–H and O–H groups in total. The smallest absolute Gasteiger partial charge is 0.248 e. The van der Waals surface area contributed by atoms with E-state index >= 15 is 0 Å². The number of thioether (sulfide) groups is 1. The van der Waals surface area contributed by atoms with Crippen LogP contribution in [0.5, 0.6) is 0 Å². The summed E-state index contributed by atoms with van der Waals surface area (Å²) in [4.78, 5) is 0. The first-order valence-corrected chi connectivity index (χ1v) is 8.67. The maximum Gasteiger partial charge on any atom is 0.248 e. The summed E-state index contributed by atoms with van der Waals surface area (Å²) >= 11 is 4.93. The molecule has 0 unspecified atom stereocenters. The molecule has 0 bridgehead atoms. The van der Waals surface area contributed by atoms with Gasteiger partial charge < -0.3 is 4.42 Å². The second kappa shape index (κ2) is 7.23. The highest BCUT2D eigenvalue weighted by Crippen LogP contribution is 2.27. The van der Waals surface area contributed by atoms with E-state index in [0.717, 1.165) is 16.1 Å². The normalized spacial score (nSPS) is 10.9. The van der Waals surface area contributed by atoms with Crippen LogP contribution in [0.3, 0.4) is 0 Å². The third-order valence-electron chi connectivity index (χ3n) is 3.05. The molecule has 0 radical (unpaired) electrons. The van der Waals surface area contributed by atoms with E-state index in [2.05, 4.69) is 26.1 Å². The number of aromatic nitrogens is 2. The van der Waals surface area contributed by atoms with E-state index in [1.807, 2.05) is 24.3 Å². The Balaban J connectivity index is 1.61. The van der Waals surface area contributed by atoms with Gasteiger partial charge in [0, 0.05) is 10.2 Å². The third-order valence-corrected chi connectivity index (χ3v) is 4.73. The van der Waals surface area contributed by atoms with Gasteiger partial charge in [0.1, 0.15) is 0 Å². The van der Waals surface area contributed by atoms with Crippen LogP contribution in [0.1, 0.15) is 11.5 Å². The summed E-state index contributed by atoms with van der Waals surface area (Å²) in [5.41, 5.74) is 1.54. The summed E-state index contributed by atoms with van der Waals surface area (Å²) in [5.74, 6) is 0.287. The van der Waals surface area contributed by atoms with Crippen LogP contribution in [-0.4, -0.2) is 10.2 Å². The minimum atomic E-state index is -0.839. The molecule has 3 aromatic rings. The highest BCUT2D eigenvalue weighted by atomic mass is 79.9. The van der Waals surface area contributed by atoms with Crippen LogP contribution in [0, 0.1) is 11.6 Å². The van der Waals surface area contributed by atoms with Crippen molar-refractivity contribution in [2.45, 2.75) is 11.5 Å². The van der Waals surface area contributed by atoms with Crippen LogP contribution in [0.25, 0.3) is 11.5 Å². The summed E-state index contributed by atoms with van der Waals surface area (Å²) in [7, 11) is 0. The summed E-state index contributed by atoms with van der Waals surface area (Å²) in [6.45, 7) is 0. The molecule has 1 aromatic heterocycles. The van der Waals surface area contributed by atoms with Gasteiger partial charge in [-0.05, 0) is 45.8 Å². The number of hydrogen-bond donors (Lipinski definition) is 0. The fourth-order valence-electron chi connectivity index (χ4n) is 1.94. The van der Waals surface area contributed by atoms with Crippen molar-refractivity contribution in [3.8, 4) is 11.5 Å². The van der Waals surface area contributed by atoms with Gasteiger partial charge in [-0.3, -0.25) is 0 Å². The van der Waals surface area contributed by atoms with Crippen LogP contribution in [0.15, 0.2) is 51.4 Å². The van der Waals surface area contributed by atoms with Gasteiger partial charge in [-0.25, -0.2) is 8.78 Å². The van der Waals surface area contributed by atoms with Gasteiger partial charge in [0.05, 0.1) is 11.3 Å². The molecule has 0 fully saturated rings. The summed E-state index contributed by atoms with van der Waals surface area (Å²) in [5, 5.41) is 8.03. The quantitative estimate of drug-likeness (QED) is 0.593. The fourth-order valence-corrected chi connectivity index (χ4v) is 3.20. The molecule has 7 heteroatoms. The maximum atomic E-state index is 13.1. The SMILES string of the molecule is Fc1ccc(CSCc2nnc(-c3ccccc3Br)o2)cc1F. The first kappa shape index (κ1) is 16.1. The second-order valence-electron chi connectivity index (χ2n) is 4.72. The highest BCUT2D eigenvalue weighted by Gasteiger charge is 2.11. The van der Waals surface area contributed by atoms with E-state index in [1.165, 1.54) is 17.8 Å². The first-order chi connectivity index (χ1) is 11.1. The van der Waals surface area contributed by atoms with E-state index in [-0.39, 0.29) is 0 Å². The molecular formula is C16H11BrF2N2OS. The van der Waals surface area contributed by atoms with Gasteiger partial charge in [0.25, 0.3) is 0 Å². The summed E-state index contributed by atoms with van der Waals surface area (Å²) in [6, 6.07) is 11.5. The number of hydrogen-bond acceptors (Lipinski definition) is 4. The van der Waals surface area contributed by atoms with E-state index in [9.17, 15) is 8.78 Å². The Morgan fingerprint density at radius 3 is 2.61 bits per heavy atom. The van der Waals surface area contributed by atoms with Crippen LogP contribution in [-0.2, 0) is 11.5 Å². The zero-order valence-corrected chi connectivity index (χ0v) is 14.2. The molecule has 0 spiro atoms. The van der Waals surface area contributed by atoms with Gasteiger partial charge in [0.15, 0.2) is 11.6 Å². The average Bonchev–Trinajstić information content (AvgIpc) is 3.00.